The van der Waals surface area contributed by atoms with Gasteiger partial charge < -0.3 is 5.32 Å². The lowest BCUT2D eigenvalue weighted by molar-refractivity contribution is 0.221. The van der Waals surface area contributed by atoms with Crippen LogP contribution >= 0.6 is 0 Å². The molecule has 2 nitrogen and oxygen atoms in total. The van der Waals surface area contributed by atoms with Crippen molar-refractivity contribution < 1.29 is 0 Å². The molecule has 0 radical (unpaired) electrons. The van der Waals surface area contributed by atoms with E-state index in [9.17, 15) is 0 Å². The van der Waals surface area contributed by atoms with Crippen LogP contribution in [0.1, 0.15) is 43.2 Å². The van der Waals surface area contributed by atoms with Crippen molar-refractivity contribution in [2.75, 3.05) is 26.2 Å². The molecule has 0 atom stereocenters. The minimum atomic E-state index is 0.893. The maximum Gasteiger partial charge on any atom is 0.0233 e. The Balaban J connectivity index is 1.51. The lowest BCUT2D eigenvalue weighted by atomic mass is 9.91. The van der Waals surface area contributed by atoms with E-state index < -0.39 is 0 Å². The molecule has 2 aliphatic heterocycles. The van der Waals surface area contributed by atoms with E-state index in [1.807, 2.05) is 0 Å². The van der Waals surface area contributed by atoms with Crippen LogP contribution in [0.5, 0.6) is 0 Å². The van der Waals surface area contributed by atoms with Gasteiger partial charge in [0.1, 0.15) is 0 Å². The van der Waals surface area contributed by atoms with Gasteiger partial charge in [-0.05, 0) is 75.3 Å². The van der Waals surface area contributed by atoms with Crippen LogP contribution in [0.15, 0.2) is 24.3 Å². The molecule has 0 bridgehead atoms. The average molecular weight is 272 g/mol. The van der Waals surface area contributed by atoms with Crippen LogP contribution in [0, 0.1) is 5.92 Å². The van der Waals surface area contributed by atoms with Crippen LogP contribution in [-0.2, 0) is 13.0 Å². The highest BCUT2D eigenvalue weighted by molar-refractivity contribution is 5.23. The molecule has 2 heterocycles. The Labute approximate surface area is 123 Å². The molecule has 0 unspecified atom stereocenters. The van der Waals surface area contributed by atoms with Gasteiger partial charge in [0, 0.05) is 6.54 Å². The number of benzene rings is 1. The van der Waals surface area contributed by atoms with E-state index >= 15 is 0 Å². The van der Waals surface area contributed by atoms with Gasteiger partial charge in [-0.2, -0.15) is 0 Å². The summed E-state index contributed by atoms with van der Waals surface area (Å²) in [4.78, 5) is 2.60. The fraction of sp³-hybridized carbons (Fsp3) is 0.667. The molecule has 0 saturated carbocycles. The third-order valence-electron chi connectivity index (χ3n) is 4.86. The van der Waals surface area contributed by atoms with Gasteiger partial charge in [0.15, 0.2) is 0 Å². The largest absolute Gasteiger partial charge is 0.317 e. The number of nitrogens with one attached hydrogen (secondary N) is 1. The van der Waals surface area contributed by atoms with Crippen LogP contribution < -0.4 is 5.32 Å². The van der Waals surface area contributed by atoms with Crippen molar-refractivity contribution in [1.82, 2.24) is 10.2 Å². The number of piperidine rings is 2. The lowest BCUT2D eigenvalue weighted by Gasteiger charge is -2.26. The van der Waals surface area contributed by atoms with Gasteiger partial charge in [-0.3, -0.25) is 4.90 Å². The highest BCUT2D eigenvalue weighted by atomic mass is 15.1. The predicted molar refractivity (Wildman–Crippen MR) is 84.9 cm³/mol. The second-order valence-electron chi connectivity index (χ2n) is 6.55. The van der Waals surface area contributed by atoms with E-state index in [0.29, 0.717) is 0 Å². The summed E-state index contributed by atoms with van der Waals surface area (Å²) in [5.74, 6) is 0.893. The Morgan fingerprint density at radius 2 is 1.55 bits per heavy atom. The van der Waals surface area contributed by atoms with Crippen LogP contribution in [0.25, 0.3) is 0 Å². The molecule has 2 heteroatoms. The highest BCUT2D eigenvalue weighted by Gasteiger charge is 2.14. The monoisotopic (exact) mass is 272 g/mol. The second kappa shape index (κ2) is 7.24. The molecule has 1 aromatic rings. The van der Waals surface area contributed by atoms with Crippen molar-refractivity contribution in [2.45, 2.75) is 45.1 Å². The van der Waals surface area contributed by atoms with Gasteiger partial charge in [-0.1, -0.05) is 30.7 Å². The van der Waals surface area contributed by atoms with Crippen molar-refractivity contribution >= 4 is 0 Å². The zero-order chi connectivity index (χ0) is 13.6. The third-order valence-corrected chi connectivity index (χ3v) is 4.86. The Morgan fingerprint density at radius 1 is 0.900 bits per heavy atom. The minimum Gasteiger partial charge on any atom is -0.317 e. The lowest BCUT2D eigenvalue weighted by Crippen LogP contribution is -2.29. The standard InChI is InChI=1S/C18H28N2/c1-2-12-20(13-3-1)15-18-6-4-16(5-7-18)14-17-8-10-19-11-9-17/h4-7,17,19H,1-3,8-15H2. The minimum absolute atomic E-state index is 0.893. The summed E-state index contributed by atoms with van der Waals surface area (Å²) in [6.45, 7) is 6.14. The van der Waals surface area contributed by atoms with Gasteiger partial charge >= 0.3 is 0 Å². The molecule has 1 aromatic carbocycles. The van der Waals surface area contributed by atoms with Crippen molar-refractivity contribution in [1.29, 1.82) is 0 Å². The Hall–Kier alpha value is -0.860. The van der Waals surface area contributed by atoms with Gasteiger partial charge in [-0.15, -0.1) is 0 Å². The van der Waals surface area contributed by atoms with E-state index in [2.05, 4.69) is 34.5 Å². The summed E-state index contributed by atoms with van der Waals surface area (Å²) in [5.41, 5.74) is 3.01. The van der Waals surface area contributed by atoms with E-state index in [4.69, 9.17) is 0 Å². The predicted octanol–water partition coefficient (Wildman–Crippen LogP) is 3.21. The Kier molecular flexibility index (Phi) is 5.10. The normalized spacial score (nSPS) is 22.0. The van der Waals surface area contributed by atoms with Crippen molar-refractivity contribution in [2.24, 2.45) is 5.92 Å². The second-order valence-corrected chi connectivity index (χ2v) is 6.55. The number of nitrogens with zero attached hydrogens (tertiary/aromatic N) is 1. The third kappa shape index (κ3) is 4.07. The maximum atomic E-state index is 3.45. The van der Waals surface area contributed by atoms with Gasteiger partial charge in [0.05, 0.1) is 0 Å². The molecule has 0 aromatic heterocycles. The zero-order valence-electron chi connectivity index (χ0n) is 12.6. The molecule has 2 aliphatic rings. The number of hydrogen-bond donors (Lipinski definition) is 1. The van der Waals surface area contributed by atoms with E-state index in [1.54, 1.807) is 0 Å². The molecule has 0 spiro atoms. The number of hydrogen-bond acceptors (Lipinski definition) is 2. The molecule has 2 saturated heterocycles. The summed E-state index contributed by atoms with van der Waals surface area (Å²) in [7, 11) is 0. The molecule has 110 valence electrons. The van der Waals surface area contributed by atoms with Crippen LogP contribution in [-0.4, -0.2) is 31.1 Å². The first-order valence-electron chi connectivity index (χ1n) is 8.41. The van der Waals surface area contributed by atoms with Crippen LogP contribution in [0.2, 0.25) is 0 Å². The SMILES string of the molecule is c1cc(CN2CCCCC2)ccc1CC1CCNCC1. The molecule has 1 N–H and O–H groups in total. The van der Waals surface area contributed by atoms with Gasteiger partial charge in [0.25, 0.3) is 0 Å². The zero-order valence-corrected chi connectivity index (χ0v) is 12.6. The summed E-state index contributed by atoms with van der Waals surface area (Å²) < 4.78 is 0. The molecule has 0 amide bonds. The van der Waals surface area contributed by atoms with Crippen LogP contribution in [0.3, 0.4) is 0 Å². The van der Waals surface area contributed by atoms with Crippen LogP contribution in [0.4, 0.5) is 0 Å². The summed E-state index contributed by atoms with van der Waals surface area (Å²) in [6, 6.07) is 9.43. The fourth-order valence-electron chi connectivity index (χ4n) is 3.58. The van der Waals surface area contributed by atoms with Crippen molar-refractivity contribution in [3.05, 3.63) is 35.4 Å². The molecule has 3 rings (SSSR count). The smallest absolute Gasteiger partial charge is 0.0233 e. The van der Waals surface area contributed by atoms with Gasteiger partial charge in [0.2, 0.25) is 0 Å². The van der Waals surface area contributed by atoms with E-state index in [0.717, 1.165) is 12.5 Å². The highest BCUT2D eigenvalue weighted by Crippen LogP contribution is 2.19. The first-order chi connectivity index (χ1) is 9.90. The quantitative estimate of drug-likeness (QED) is 0.905. The summed E-state index contributed by atoms with van der Waals surface area (Å²) >= 11 is 0. The van der Waals surface area contributed by atoms with Gasteiger partial charge in [-0.25, -0.2) is 0 Å². The molecule has 0 aliphatic carbocycles. The maximum absolute atomic E-state index is 3.45. The molecular formula is C18H28N2. The topological polar surface area (TPSA) is 15.3 Å². The first kappa shape index (κ1) is 14.1. The average Bonchev–Trinajstić information content (AvgIpc) is 2.51. The Bertz CT molecular complexity index is 347. The molecule has 20 heavy (non-hydrogen) atoms. The van der Waals surface area contributed by atoms with Crippen molar-refractivity contribution in [3.63, 3.8) is 0 Å². The first-order valence-corrected chi connectivity index (χ1v) is 8.41. The summed E-state index contributed by atoms with van der Waals surface area (Å²) in [5, 5.41) is 3.45. The molecular weight excluding hydrogens is 244 g/mol. The fourth-order valence-corrected chi connectivity index (χ4v) is 3.58. The Morgan fingerprint density at radius 3 is 2.25 bits per heavy atom. The number of likely N-dealkylation sites (tertiary alicyclic amines) is 1. The summed E-state index contributed by atoms with van der Waals surface area (Å²) in [6.07, 6.45) is 8.14. The van der Waals surface area contributed by atoms with Crippen molar-refractivity contribution in [3.8, 4) is 0 Å². The number of rotatable bonds is 4. The molecule has 2 fully saturated rings. The van der Waals surface area contributed by atoms with E-state index in [1.165, 1.54) is 75.8 Å². The van der Waals surface area contributed by atoms with E-state index in [-0.39, 0.29) is 0 Å².